The normalized spacial score (nSPS) is 19.0. The second-order valence-corrected chi connectivity index (χ2v) is 8.93. The van der Waals surface area contributed by atoms with Crippen LogP contribution in [-0.4, -0.2) is 40.2 Å². The van der Waals surface area contributed by atoms with E-state index in [-0.39, 0.29) is 11.1 Å². The summed E-state index contributed by atoms with van der Waals surface area (Å²) in [7, 11) is 0. The first-order chi connectivity index (χ1) is 16.8. The molecule has 2 aliphatic rings. The molecule has 0 spiro atoms. The SMILES string of the molecule is CCOc1ccc([C@@H]2[C@@H](N3C(=O)c4cccc([N+](=O)[O-])c4C3=O)C(=O)N2c2ccc(Br)cc2)cc1. The van der Waals surface area contributed by atoms with E-state index in [2.05, 4.69) is 15.9 Å². The molecule has 3 amide bonds. The molecular formula is C25H18BrN3O6. The highest BCUT2D eigenvalue weighted by Gasteiger charge is 2.58. The van der Waals surface area contributed by atoms with Gasteiger partial charge in [0.15, 0.2) is 0 Å². The Labute approximate surface area is 208 Å². The van der Waals surface area contributed by atoms with E-state index in [9.17, 15) is 24.5 Å². The fraction of sp³-hybridized carbons (Fsp3) is 0.160. The molecule has 0 saturated carbocycles. The van der Waals surface area contributed by atoms with Gasteiger partial charge in [-0.3, -0.25) is 29.4 Å². The fourth-order valence-corrected chi connectivity index (χ4v) is 4.83. The smallest absolute Gasteiger partial charge is 0.282 e. The van der Waals surface area contributed by atoms with E-state index in [0.717, 1.165) is 9.37 Å². The highest BCUT2D eigenvalue weighted by atomic mass is 79.9. The average Bonchev–Trinajstić information content (AvgIpc) is 3.10. The molecule has 0 unspecified atom stereocenters. The van der Waals surface area contributed by atoms with Crippen LogP contribution < -0.4 is 9.64 Å². The van der Waals surface area contributed by atoms with Crippen LogP contribution in [0.25, 0.3) is 0 Å². The maximum absolute atomic E-state index is 13.5. The van der Waals surface area contributed by atoms with Gasteiger partial charge in [-0.2, -0.15) is 0 Å². The molecule has 1 saturated heterocycles. The van der Waals surface area contributed by atoms with Crippen molar-refractivity contribution in [3.05, 3.63) is 98.0 Å². The number of anilines is 1. The Morgan fingerprint density at radius 2 is 1.60 bits per heavy atom. The highest BCUT2D eigenvalue weighted by molar-refractivity contribution is 9.10. The standard InChI is InChI=1S/C25H18BrN3O6/c1-2-35-17-12-6-14(7-13-17)21-22(25(32)27(21)16-10-8-15(26)9-11-16)28-23(30)18-4-3-5-19(29(33)34)20(18)24(28)31/h3-13,21-22H,2H2,1H3/t21-,22-/m1/s1. The van der Waals surface area contributed by atoms with E-state index in [0.29, 0.717) is 23.6 Å². The number of halogens is 1. The number of nitro groups is 1. The summed E-state index contributed by atoms with van der Waals surface area (Å²) in [5.41, 5.74) is 0.452. The summed E-state index contributed by atoms with van der Waals surface area (Å²) in [5.74, 6) is -1.38. The monoisotopic (exact) mass is 535 g/mol. The largest absolute Gasteiger partial charge is 0.494 e. The number of carbonyl (C=O) groups is 3. The average molecular weight is 536 g/mol. The highest BCUT2D eigenvalue weighted by Crippen LogP contribution is 2.45. The van der Waals surface area contributed by atoms with Crippen LogP contribution >= 0.6 is 15.9 Å². The van der Waals surface area contributed by atoms with E-state index in [1.54, 1.807) is 48.5 Å². The molecule has 3 aromatic rings. The Balaban J connectivity index is 1.58. The van der Waals surface area contributed by atoms with Crippen LogP contribution in [0.4, 0.5) is 11.4 Å². The lowest BCUT2D eigenvalue weighted by Crippen LogP contribution is -2.67. The number of hydrogen-bond donors (Lipinski definition) is 0. The topological polar surface area (TPSA) is 110 Å². The van der Waals surface area contributed by atoms with Crippen molar-refractivity contribution in [3.8, 4) is 5.75 Å². The summed E-state index contributed by atoms with van der Waals surface area (Å²) in [6, 6.07) is 16.2. The van der Waals surface area contributed by atoms with Crippen molar-refractivity contribution in [1.29, 1.82) is 0 Å². The van der Waals surface area contributed by atoms with Crippen molar-refractivity contribution < 1.29 is 24.0 Å². The third kappa shape index (κ3) is 3.57. The summed E-state index contributed by atoms with van der Waals surface area (Å²) in [5, 5.41) is 11.5. The second kappa shape index (κ2) is 8.62. The molecule has 2 heterocycles. The predicted molar refractivity (Wildman–Crippen MR) is 129 cm³/mol. The minimum Gasteiger partial charge on any atom is -0.494 e. The molecular weight excluding hydrogens is 518 g/mol. The number of β-lactam (4-membered cyclic amide) rings is 1. The van der Waals surface area contributed by atoms with Gasteiger partial charge in [0.2, 0.25) is 0 Å². The second-order valence-electron chi connectivity index (χ2n) is 8.01. The third-order valence-corrected chi connectivity index (χ3v) is 6.63. The zero-order chi connectivity index (χ0) is 24.9. The summed E-state index contributed by atoms with van der Waals surface area (Å²) in [6.07, 6.45) is 0. The first-order valence-corrected chi connectivity index (χ1v) is 11.6. The zero-order valence-corrected chi connectivity index (χ0v) is 20.0. The van der Waals surface area contributed by atoms with Gasteiger partial charge in [-0.1, -0.05) is 34.1 Å². The number of fused-ring (bicyclic) bond motifs is 1. The molecule has 0 N–H and O–H groups in total. The molecule has 2 aliphatic heterocycles. The van der Waals surface area contributed by atoms with Crippen LogP contribution in [-0.2, 0) is 4.79 Å². The first kappa shape index (κ1) is 22.7. The Kier molecular flexibility index (Phi) is 5.60. The van der Waals surface area contributed by atoms with Gasteiger partial charge in [0, 0.05) is 16.2 Å². The van der Waals surface area contributed by atoms with Crippen molar-refractivity contribution in [3.63, 3.8) is 0 Å². The molecule has 0 aliphatic carbocycles. The molecule has 9 nitrogen and oxygen atoms in total. The van der Waals surface area contributed by atoms with Gasteiger partial charge >= 0.3 is 0 Å². The quantitative estimate of drug-likeness (QED) is 0.199. The molecule has 10 heteroatoms. The molecule has 176 valence electrons. The van der Waals surface area contributed by atoms with E-state index < -0.39 is 40.4 Å². The zero-order valence-electron chi connectivity index (χ0n) is 18.4. The van der Waals surface area contributed by atoms with E-state index in [4.69, 9.17) is 4.74 Å². The summed E-state index contributed by atoms with van der Waals surface area (Å²) < 4.78 is 6.34. The number of amides is 3. The molecule has 0 bridgehead atoms. The number of imide groups is 1. The van der Waals surface area contributed by atoms with Crippen LogP contribution in [0.2, 0.25) is 0 Å². The number of benzene rings is 3. The minimum atomic E-state index is -1.15. The fourth-order valence-electron chi connectivity index (χ4n) is 4.56. The van der Waals surface area contributed by atoms with Crippen LogP contribution in [0.5, 0.6) is 5.75 Å². The van der Waals surface area contributed by atoms with Crippen LogP contribution in [0.15, 0.2) is 71.2 Å². The third-order valence-electron chi connectivity index (χ3n) is 6.10. The molecule has 2 atom stereocenters. The van der Waals surface area contributed by atoms with Gasteiger partial charge in [0.1, 0.15) is 17.4 Å². The maximum Gasteiger partial charge on any atom is 0.282 e. The number of rotatable bonds is 6. The number of nitrogens with zero attached hydrogens (tertiary/aromatic N) is 3. The van der Waals surface area contributed by atoms with Crippen molar-refractivity contribution in [1.82, 2.24) is 4.90 Å². The lowest BCUT2D eigenvalue weighted by Gasteiger charge is -2.49. The van der Waals surface area contributed by atoms with E-state index in [1.165, 1.54) is 23.1 Å². The molecule has 0 radical (unpaired) electrons. The summed E-state index contributed by atoms with van der Waals surface area (Å²) in [4.78, 5) is 53.2. The predicted octanol–water partition coefficient (Wildman–Crippen LogP) is 4.51. The summed E-state index contributed by atoms with van der Waals surface area (Å²) >= 11 is 3.38. The van der Waals surface area contributed by atoms with Crippen molar-refractivity contribution in [2.45, 2.75) is 19.0 Å². The van der Waals surface area contributed by atoms with Crippen LogP contribution in [0, 0.1) is 10.1 Å². The van der Waals surface area contributed by atoms with Crippen LogP contribution in [0.1, 0.15) is 39.2 Å². The molecule has 3 aromatic carbocycles. The van der Waals surface area contributed by atoms with Gasteiger partial charge in [-0.25, -0.2) is 0 Å². The Morgan fingerprint density at radius 3 is 2.23 bits per heavy atom. The van der Waals surface area contributed by atoms with E-state index in [1.807, 2.05) is 6.92 Å². The van der Waals surface area contributed by atoms with E-state index >= 15 is 0 Å². The Bertz CT molecular complexity index is 1370. The number of nitro benzene ring substituents is 1. The maximum atomic E-state index is 13.5. The Hall–Kier alpha value is -4.05. The number of hydrogen-bond acceptors (Lipinski definition) is 6. The van der Waals surface area contributed by atoms with Crippen molar-refractivity contribution in [2.24, 2.45) is 0 Å². The molecule has 35 heavy (non-hydrogen) atoms. The van der Waals surface area contributed by atoms with Gasteiger partial charge in [-0.05, 0) is 55.0 Å². The first-order valence-electron chi connectivity index (χ1n) is 10.8. The van der Waals surface area contributed by atoms with Crippen LogP contribution in [0.3, 0.4) is 0 Å². The number of carbonyl (C=O) groups excluding carboxylic acids is 3. The lowest BCUT2D eigenvalue weighted by molar-refractivity contribution is -0.385. The van der Waals surface area contributed by atoms with Gasteiger partial charge in [0.05, 0.1) is 23.1 Å². The molecule has 0 aromatic heterocycles. The van der Waals surface area contributed by atoms with Crippen molar-refractivity contribution >= 4 is 45.0 Å². The summed E-state index contributed by atoms with van der Waals surface area (Å²) in [6.45, 7) is 2.36. The molecule has 5 rings (SSSR count). The Morgan fingerprint density at radius 1 is 0.914 bits per heavy atom. The van der Waals surface area contributed by atoms with Gasteiger partial charge < -0.3 is 9.64 Å². The number of ether oxygens (including phenoxy) is 1. The molecule has 1 fully saturated rings. The minimum absolute atomic E-state index is 0.0791. The van der Waals surface area contributed by atoms with Gasteiger partial charge in [-0.15, -0.1) is 0 Å². The van der Waals surface area contributed by atoms with Gasteiger partial charge in [0.25, 0.3) is 23.4 Å². The van der Waals surface area contributed by atoms with Crippen molar-refractivity contribution in [2.75, 3.05) is 11.5 Å². The lowest BCUT2D eigenvalue weighted by atomic mass is 9.86.